The summed E-state index contributed by atoms with van der Waals surface area (Å²) < 4.78 is 21.7. The molecule has 0 saturated carbocycles. The van der Waals surface area contributed by atoms with E-state index in [-0.39, 0.29) is 5.82 Å². The minimum absolute atomic E-state index is 0.223. The van der Waals surface area contributed by atoms with Crippen LogP contribution in [0.2, 0.25) is 0 Å². The van der Waals surface area contributed by atoms with Crippen molar-refractivity contribution in [1.82, 2.24) is 14.5 Å². The third-order valence-corrected chi connectivity index (χ3v) is 4.29. The third-order valence-electron chi connectivity index (χ3n) is 3.83. The highest BCUT2D eigenvalue weighted by Crippen LogP contribution is 2.16. The third kappa shape index (κ3) is 4.15. The molecule has 22 heavy (non-hydrogen) atoms. The zero-order valence-corrected chi connectivity index (χ0v) is 13.9. The molecule has 3 rings (SSSR count). The van der Waals surface area contributed by atoms with Crippen LogP contribution in [0.25, 0.3) is 0 Å². The van der Waals surface area contributed by atoms with Crippen molar-refractivity contribution in [2.24, 2.45) is 0 Å². The van der Waals surface area contributed by atoms with E-state index in [4.69, 9.17) is 4.74 Å². The number of halogens is 2. The Balaban J connectivity index is 1.63. The van der Waals surface area contributed by atoms with Crippen molar-refractivity contribution >= 4 is 15.9 Å². The molecule has 2 aromatic rings. The molecule has 1 aromatic carbocycles. The molecule has 1 aliphatic rings. The lowest BCUT2D eigenvalue weighted by molar-refractivity contribution is 0.0381. The minimum Gasteiger partial charge on any atom is -0.379 e. The number of aromatic nitrogens is 2. The van der Waals surface area contributed by atoms with Gasteiger partial charge in [0.05, 0.1) is 13.2 Å². The molecule has 1 fully saturated rings. The summed E-state index contributed by atoms with van der Waals surface area (Å²) in [6.45, 7) is 5.20. The number of hydrogen-bond acceptors (Lipinski definition) is 3. The Kier molecular flexibility index (Phi) is 5.23. The van der Waals surface area contributed by atoms with E-state index in [0.29, 0.717) is 6.54 Å². The summed E-state index contributed by atoms with van der Waals surface area (Å²) in [6.07, 6.45) is 4.65. The van der Waals surface area contributed by atoms with E-state index in [9.17, 15) is 4.39 Å². The largest absolute Gasteiger partial charge is 0.379 e. The molecule has 0 N–H and O–H groups in total. The molecule has 1 aliphatic heterocycles. The van der Waals surface area contributed by atoms with Crippen LogP contribution < -0.4 is 0 Å². The Hall–Kier alpha value is -1.24. The van der Waals surface area contributed by atoms with Crippen LogP contribution in [0.5, 0.6) is 0 Å². The van der Waals surface area contributed by atoms with Crippen LogP contribution in [0.15, 0.2) is 35.1 Å². The summed E-state index contributed by atoms with van der Waals surface area (Å²) in [5.41, 5.74) is 0.928. The van der Waals surface area contributed by atoms with E-state index in [1.165, 1.54) is 6.07 Å². The fourth-order valence-corrected chi connectivity index (χ4v) is 3.21. The number of hydrogen-bond donors (Lipinski definition) is 0. The summed E-state index contributed by atoms with van der Waals surface area (Å²) >= 11 is 3.34. The molecule has 6 heteroatoms. The van der Waals surface area contributed by atoms with Gasteiger partial charge in [-0.25, -0.2) is 9.37 Å². The van der Waals surface area contributed by atoms with E-state index in [2.05, 4.69) is 30.4 Å². The summed E-state index contributed by atoms with van der Waals surface area (Å²) in [4.78, 5) is 6.83. The normalized spacial score (nSPS) is 16.1. The zero-order chi connectivity index (χ0) is 15.4. The van der Waals surface area contributed by atoms with Crippen molar-refractivity contribution < 1.29 is 9.13 Å². The topological polar surface area (TPSA) is 30.3 Å². The zero-order valence-electron chi connectivity index (χ0n) is 12.3. The first-order valence-corrected chi connectivity index (χ1v) is 8.25. The predicted octanol–water partition coefficient (Wildman–Crippen LogP) is 2.71. The lowest BCUT2D eigenvalue weighted by atomic mass is 10.2. The Morgan fingerprint density at radius 3 is 2.82 bits per heavy atom. The van der Waals surface area contributed by atoms with Crippen molar-refractivity contribution in [3.63, 3.8) is 0 Å². The Bertz CT molecular complexity index is 605. The van der Waals surface area contributed by atoms with E-state index < -0.39 is 0 Å². The molecule has 0 spiro atoms. The summed E-state index contributed by atoms with van der Waals surface area (Å²) in [5.74, 6) is 0.811. The molecule has 0 aliphatic carbocycles. The summed E-state index contributed by atoms with van der Waals surface area (Å²) in [5, 5.41) is 0. The first-order valence-electron chi connectivity index (χ1n) is 7.46. The standard InChI is InChI=1S/C16H19BrFN3O/c17-14-9-13(10-15(18)11-14)12-21-4-2-19-16(21)1-3-20-5-7-22-8-6-20/h2,4,9-11H,1,3,5-8,12H2. The smallest absolute Gasteiger partial charge is 0.124 e. The van der Waals surface area contributed by atoms with Crippen LogP contribution in [-0.2, 0) is 17.7 Å². The molecule has 1 saturated heterocycles. The molecule has 0 amide bonds. The van der Waals surface area contributed by atoms with Gasteiger partial charge < -0.3 is 9.30 Å². The Labute approximate surface area is 138 Å². The van der Waals surface area contributed by atoms with E-state index in [1.807, 2.05) is 18.5 Å². The molecule has 0 bridgehead atoms. The van der Waals surface area contributed by atoms with Crippen molar-refractivity contribution in [2.75, 3.05) is 32.8 Å². The van der Waals surface area contributed by atoms with Gasteiger partial charge in [-0.1, -0.05) is 15.9 Å². The highest BCUT2D eigenvalue weighted by Gasteiger charge is 2.12. The molecule has 0 unspecified atom stereocenters. The van der Waals surface area contributed by atoms with Gasteiger partial charge in [-0.15, -0.1) is 0 Å². The second-order valence-corrected chi connectivity index (χ2v) is 6.37. The molecule has 118 valence electrons. The summed E-state index contributed by atoms with van der Waals surface area (Å²) in [7, 11) is 0. The van der Waals surface area contributed by atoms with Crippen LogP contribution in [0, 0.1) is 5.82 Å². The molecule has 1 aromatic heterocycles. The van der Waals surface area contributed by atoms with Crippen molar-refractivity contribution in [3.05, 3.63) is 52.3 Å². The highest BCUT2D eigenvalue weighted by molar-refractivity contribution is 9.10. The van der Waals surface area contributed by atoms with Crippen LogP contribution in [0.3, 0.4) is 0 Å². The number of benzene rings is 1. The summed E-state index contributed by atoms with van der Waals surface area (Å²) in [6, 6.07) is 4.97. The van der Waals surface area contributed by atoms with Gasteiger partial charge in [0.2, 0.25) is 0 Å². The average Bonchev–Trinajstić information content (AvgIpc) is 2.92. The van der Waals surface area contributed by atoms with Crippen molar-refractivity contribution in [2.45, 2.75) is 13.0 Å². The SMILES string of the molecule is Fc1cc(Br)cc(Cn2ccnc2CCN2CCOCC2)c1. The van der Waals surface area contributed by atoms with Gasteiger partial charge in [0, 0.05) is 49.5 Å². The van der Waals surface area contributed by atoms with E-state index >= 15 is 0 Å². The Morgan fingerprint density at radius 1 is 1.23 bits per heavy atom. The van der Waals surface area contributed by atoms with Gasteiger partial charge in [-0.2, -0.15) is 0 Å². The first-order chi connectivity index (χ1) is 10.7. The van der Waals surface area contributed by atoms with Crippen molar-refractivity contribution in [1.29, 1.82) is 0 Å². The van der Waals surface area contributed by atoms with Crippen molar-refractivity contribution in [3.8, 4) is 0 Å². The maximum absolute atomic E-state index is 13.5. The fraction of sp³-hybridized carbons (Fsp3) is 0.438. The number of imidazole rings is 1. The number of morpholine rings is 1. The van der Waals surface area contributed by atoms with Crippen LogP contribution in [0.1, 0.15) is 11.4 Å². The van der Waals surface area contributed by atoms with E-state index in [0.717, 1.165) is 55.1 Å². The number of rotatable bonds is 5. The Morgan fingerprint density at radius 2 is 2.05 bits per heavy atom. The maximum atomic E-state index is 13.5. The van der Waals surface area contributed by atoms with Gasteiger partial charge in [-0.05, 0) is 23.8 Å². The van der Waals surface area contributed by atoms with Crippen LogP contribution >= 0.6 is 15.9 Å². The molecule has 0 radical (unpaired) electrons. The number of nitrogens with zero attached hydrogens (tertiary/aromatic N) is 3. The first kappa shape index (κ1) is 15.6. The van der Waals surface area contributed by atoms with Gasteiger partial charge in [0.15, 0.2) is 0 Å². The molecule has 4 nitrogen and oxygen atoms in total. The molecular formula is C16H19BrFN3O. The van der Waals surface area contributed by atoms with Crippen LogP contribution in [0.4, 0.5) is 4.39 Å². The van der Waals surface area contributed by atoms with Crippen LogP contribution in [-0.4, -0.2) is 47.3 Å². The lowest BCUT2D eigenvalue weighted by Crippen LogP contribution is -2.37. The van der Waals surface area contributed by atoms with Gasteiger partial charge in [0.25, 0.3) is 0 Å². The molecule has 0 atom stereocenters. The quantitative estimate of drug-likeness (QED) is 0.813. The van der Waals surface area contributed by atoms with Gasteiger partial charge in [0.1, 0.15) is 11.6 Å². The average molecular weight is 368 g/mol. The predicted molar refractivity (Wildman–Crippen MR) is 86.4 cm³/mol. The molecule has 2 heterocycles. The monoisotopic (exact) mass is 367 g/mol. The van der Waals surface area contributed by atoms with Gasteiger partial charge >= 0.3 is 0 Å². The number of ether oxygens (including phenoxy) is 1. The van der Waals surface area contributed by atoms with Gasteiger partial charge in [-0.3, -0.25) is 4.90 Å². The highest BCUT2D eigenvalue weighted by atomic mass is 79.9. The maximum Gasteiger partial charge on any atom is 0.124 e. The lowest BCUT2D eigenvalue weighted by Gasteiger charge is -2.26. The fourth-order valence-electron chi connectivity index (χ4n) is 2.69. The second-order valence-electron chi connectivity index (χ2n) is 5.45. The molecular weight excluding hydrogens is 349 g/mol. The second kappa shape index (κ2) is 7.35. The minimum atomic E-state index is -0.223. The van der Waals surface area contributed by atoms with E-state index in [1.54, 1.807) is 6.07 Å².